The highest BCUT2D eigenvalue weighted by atomic mass is 32.2. The molecular weight excluding hydrogens is 351 g/mol. The molecule has 0 aliphatic carbocycles. The van der Waals surface area contributed by atoms with Gasteiger partial charge in [0.05, 0.1) is 11.4 Å². The van der Waals surface area contributed by atoms with E-state index < -0.39 is 17.8 Å². The van der Waals surface area contributed by atoms with Gasteiger partial charge in [-0.05, 0) is 56.2 Å². The molecule has 0 spiro atoms. The summed E-state index contributed by atoms with van der Waals surface area (Å²) >= 11 is 1.49. The molecule has 1 unspecified atom stereocenters. The molecular formula is C20H21FN2O2S. The number of rotatable bonds is 3. The molecule has 0 radical (unpaired) electrons. The van der Waals surface area contributed by atoms with Gasteiger partial charge in [0.25, 0.3) is 5.91 Å². The van der Waals surface area contributed by atoms with Gasteiger partial charge >= 0.3 is 0 Å². The summed E-state index contributed by atoms with van der Waals surface area (Å²) < 4.78 is 14.1. The summed E-state index contributed by atoms with van der Waals surface area (Å²) in [7, 11) is 0. The highest BCUT2D eigenvalue weighted by molar-refractivity contribution is 7.99. The smallest absolute Gasteiger partial charge is 0.258 e. The molecule has 0 aromatic heterocycles. The Morgan fingerprint density at radius 3 is 2.62 bits per heavy atom. The average molecular weight is 372 g/mol. The maximum absolute atomic E-state index is 14.1. The first-order chi connectivity index (χ1) is 12.4. The van der Waals surface area contributed by atoms with E-state index in [1.54, 1.807) is 13.0 Å². The number of benzene rings is 2. The van der Waals surface area contributed by atoms with Gasteiger partial charge in [0, 0.05) is 11.4 Å². The Kier molecular flexibility index (Phi) is 5.32. The fourth-order valence-electron chi connectivity index (χ4n) is 2.86. The molecule has 1 N–H and O–H groups in total. The predicted molar refractivity (Wildman–Crippen MR) is 103 cm³/mol. The predicted octanol–water partition coefficient (Wildman–Crippen LogP) is 3.90. The minimum Gasteiger partial charge on any atom is -0.324 e. The Balaban J connectivity index is 1.78. The van der Waals surface area contributed by atoms with Crippen LogP contribution in [0.15, 0.2) is 36.4 Å². The largest absolute Gasteiger partial charge is 0.324 e. The fourth-order valence-corrected chi connectivity index (χ4v) is 4.02. The molecule has 2 aromatic rings. The van der Waals surface area contributed by atoms with Crippen LogP contribution in [-0.4, -0.2) is 34.4 Å². The zero-order valence-electron chi connectivity index (χ0n) is 15.0. The van der Waals surface area contributed by atoms with Gasteiger partial charge in [-0.2, -0.15) is 0 Å². The molecule has 6 heteroatoms. The number of carbonyl (C=O) groups is 2. The van der Waals surface area contributed by atoms with E-state index in [-0.39, 0.29) is 11.5 Å². The molecule has 2 amide bonds. The van der Waals surface area contributed by atoms with Crippen molar-refractivity contribution in [2.24, 2.45) is 0 Å². The Hall–Kier alpha value is -2.34. The summed E-state index contributed by atoms with van der Waals surface area (Å²) in [6, 6.07) is 9.51. The van der Waals surface area contributed by atoms with Crippen LogP contribution in [0.1, 0.15) is 27.0 Å². The van der Waals surface area contributed by atoms with Crippen LogP contribution in [-0.2, 0) is 4.79 Å². The lowest BCUT2D eigenvalue weighted by Crippen LogP contribution is -2.44. The monoisotopic (exact) mass is 372 g/mol. The van der Waals surface area contributed by atoms with Gasteiger partial charge in [0.15, 0.2) is 0 Å². The van der Waals surface area contributed by atoms with Crippen LogP contribution in [0, 0.1) is 26.6 Å². The van der Waals surface area contributed by atoms with Crippen LogP contribution in [0.25, 0.3) is 0 Å². The second kappa shape index (κ2) is 7.50. The Morgan fingerprint density at radius 1 is 1.12 bits per heavy atom. The third kappa shape index (κ3) is 3.75. The van der Waals surface area contributed by atoms with Crippen molar-refractivity contribution in [3.8, 4) is 0 Å². The highest BCUT2D eigenvalue weighted by Gasteiger charge is 2.36. The van der Waals surface area contributed by atoms with E-state index in [1.807, 2.05) is 32.0 Å². The van der Waals surface area contributed by atoms with Gasteiger partial charge in [-0.1, -0.05) is 17.7 Å². The van der Waals surface area contributed by atoms with Crippen molar-refractivity contribution in [3.63, 3.8) is 0 Å². The van der Waals surface area contributed by atoms with Crippen LogP contribution < -0.4 is 5.32 Å². The first kappa shape index (κ1) is 18.5. The lowest BCUT2D eigenvalue weighted by molar-refractivity contribution is -0.119. The van der Waals surface area contributed by atoms with Crippen LogP contribution in [0.2, 0.25) is 0 Å². The minimum atomic E-state index is -0.617. The zero-order chi connectivity index (χ0) is 18.8. The molecule has 1 fully saturated rings. The maximum atomic E-state index is 14.1. The molecule has 136 valence electrons. The number of thioether (sulfide) groups is 1. The Bertz CT molecular complexity index is 869. The van der Waals surface area contributed by atoms with Gasteiger partial charge in [-0.15, -0.1) is 11.8 Å². The fraction of sp³-hybridized carbons (Fsp3) is 0.300. The standard InChI is InChI=1S/C20H21FN2O2S/c1-12-4-7-17(21)16(8-12)20(25)23-11-26-10-18(23)19(24)22-15-6-5-13(2)14(3)9-15/h4-9,18H,10-11H2,1-3H3,(H,22,24). The van der Waals surface area contributed by atoms with Crippen LogP contribution in [0.3, 0.4) is 0 Å². The molecule has 2 aromatic carbocycles. The van der Waals surface area contributed by atoms with Crippen LogP contribution in [0.5, 0.6) is 0 Å². The lowest BCUT2D eigenvalue weighted by Gasteiger charge is -2.23. The minimum absolute atomic E-state index is 0.0106. The lowest BCUT2D eigenvalue weighted by atomic mass is 10.1. The molecule has 26 heavy (non-hydrogen) atoms. The number of aryl methyl sites for hydroxylation is 3. The summed E-state index contributed by atoms with van der Waals surface area (Å²) in [5.74, 6) is -0.394. The number of hydrogen-bond donors (Lipinski definition) is 1. The third-order valence-corrected chi connectivity index (χ3v) is 5.58. The van der Waals surface area contributed by atoms with Crippen molar-refractivity contribution in [1.82, 2.24) is 4.90 Å². The van der Waals surface area contributed by atoms with Crippen molar-refractivity contribution in [2.45, 2.75) is 26.8 Å². The molecule has 0 bridgehead atoms. The molecule has 1 aliphatic rings. The van der Waals surface area contributed by atoms with E-state index in [1.165, 1.54) is 28.8 Å². The van der Waals surface area contributed by atoms with E-state index in [0.717, 1.165) is 16.7 Å². The van der Waals surface area contributed by atoms with Gasteiger partial charge in [-0.25, -0.2) is 4.39 Å². The summed E-state index contributed by atoms with van der Waals surface area (Å²) in [5, 5.41) is 2.87. The molecule has 3 rings (SSSR count). The van der Waals surface area contributed by atoms with Crippen LogP contribution >= 0.6 is 11.8 Å². The topological polar surface area (TPSA) is 49.4 Å². The second-order valence-corrected chi connectivity index (χ2v) is 7.56. The number of halogens is 1. The summed E-state index contributed by atoms with van der Waals surface area (Å²) in [6.07, 6.45) is 0. The molecule has 0 saturated carbocycles. The van der Waals surface area contributed by atoms with Gasteiger partial charge < -0.3 is 10.2 Å². The van der Waals surface area contributed by atoms with Gasteiger partial charge in [0.1, 0.15) is 11.9 Å². The second-order valence-electron chi connectivity index (χ2n) is 6.56. The zero-order valence-corrected chi connectivity index (χ0v) is 15.8. The SMILES string of the molecule is Cc1ccc(F)c(C(=O)N2CSCC2C(=O)Nc2ccc(C)c(C)c2)c1. The van der Waals surface area contributed by atoms with E-state index in [2.05, 4.69) is 5.32 Å². The number of anilines is 1. The van der Waals surface area contributed by atoms with E-state index >= 15 is 0 Å². The number of nitrogens with zero attached hydrogens (tertiary/aromatic N) is 1. The summed E-state index contributed by atoms with van der Waals surface area (Å²) in [5.41, 5.74) is 3.74. The maximum Gasteiger partial charge on any atom is 0.258 e. The summed E-state index contributed by atoms with van der Waals surface area (Å²) in [6.45, 7) is 5.79. The van der Waals surface area contributed by atoms with Gasteiger partial charge in [-0.3, -0.25) is 9.59 Å². The van der Waals surface area contributed by atoms with E-state index in [9.17, 15) is 14.0 Å². The highest BCUT2D eigenvalue weighted by Crippen LogP contribution is 2.26. The Labute approximate surface area is 156 Å². The van der Waals surface area contributed by atoms with Crippen molar-refractivity contribution >= 4 is 29.3 Å². The Morgan fingerprint density at radius 2 is 1.88 bits per heavy atom. The quantitative estimate of drug-likeness (QED) is 0.889. The average Bonchev–Trinajstić information content (AvgIpc) is 3.09. The first-order valence-electron chi connectivity index (χ1n) is 8.40. The third-order valence-electron chi connectivity index (χ3n) is 4.57. The van der Waals surface area contributed by atoms with Crippen molar-refractivity contribution < 1.29 is 14.0 Å². The molecule has 1 saturated heterocycles. The number of nitrogens with one attached hydrogen (secondary N) is 1. The number of hydrogen-bond acceptors (Lipinski definition) is 3. The molecule has 1 aliphatic heterocycles. The van der Waals surface area contributed by atoms with Crippen molar-refractivity contribution in [1.29, 1.82) is 0 Å². The van der Waals surface area contributed by atoms with Crippen LogP contribution in [0.4, 0.5) is 10.1 Å². The van der Waals surface area contributed by atoms with Crippen molar-refractivity contribution in [3.05, 3.63) is 64.5 Å². The van der Waals surface area contributed by atoms with E-state index in [4.69, 9.17) is 0 Å². The molecule has 1 heterocycles. The normalized spacial score (nSPS) is 16.6. The number of amides is 2. The molecule has 4 nitrogen and oxygen atoms in total. The first-order valence-corrected chi connectivity index (χ1v) is 9.55. The summed E-state index contributed by atoms with van der Waals surface area (Å²) in [4.78, 5) is 26.9. The van der Waals surface area contributed by atoms with E-state index in [0.29, 0.717) is 17.3 Å². The van der Waals surface area contributed by atoms with Gasteiger partial charge in [0.2, 0.25) is 5.91 Å². The van der Waals surface area contributed by atoms with Crippen molar-refractivity contribution in [2.75, 3.05) is 16.9 Å². The number of carbonyl (C=O) groups excluding carboxylic acids is 2. The molecule has 1 atom stereocenters.